The van der Waals surface area contributed by atoms with Crippen molar-refractivity contribution in [1.82, 2.24) is 15.0 Å². The number of benzene rings is 1. The van der Waals surface area contributed by atoms with Crippen molar-refractivity contribution in [1.29, 1.82) is 0 Å². The van der Waals surface area contributed by atoms with Gasteiger partial charge in [0, 0.05) is 0 Å². The highest BCUT2D eigenvalue weighted by Crippen LogP contribution is 2.19. The normalized spacial score (nSPS) is 12.0. The molecular weight excluding hydrogens is 283 g/mol. The molecule has 1 heterocycles. The van der Waals surface area contributed by atoms with Gasteiger partial charge in [-0.1, -0.05) is 12.1 Å². The van der Waals surface area contributed by atoms with E-state index >= 15 is 0 Å². The minimum atomic E-state index is -0.292. The molecule has 0 aliphatic rings. The Hall–Kier alpha value is -1.95. The molecule has 0 bridgehead atoms. The van der Waals surface area contributed by atoms with Gasteiger partial charge in [-0.2, -0.15) is 15.0 Å². The van der Waals surface area contributed by atoms with E-state index in [0.717, 1.165) is 5.56 Å². The Morgan fingerprint density at radius 2 is 2.15 bits per heavy atom. The lowest BCUT2D eigenvalue weighted by Crippen LogP contribution is -2.11. The predicted molar refractivity (Wildman–Crippen MR) is 74.4 cm³/mol. The third-order valence-electron chi connectivity index (χ3n) is 2.56. The summed E-state index contributed by atoms with van der Waals surface area (Å²) < 4.78 is 18.4. The summed E-state index contributed by atoms with van der Waals surface area (Å²) >= 11 is 5.80. The minimum absolute atomic E-state index is 0.0393. The lowest BCUT2D eigenvalue weighted by Gasteiger charge is -2.14. The van der Waals surface area contributed by atoms with Gasteiger partial charge in [0.2, 0.25) is 11.2 Å². The highest BCUT2D eigenvalue weighted by atomic mass is 35.5. The summed E-state index contributed by atoms with van der Waals surface area (Å²) in [5.41, 5.74) is 0.777. The number of nitrogens with zero attached hydrogens (tertiary/aromatic N) is 3. The number of hydrogen-bond acceptors (Lipinski definition) is 5. The minimum Gasteiger partial charge on any atom is -0.464 e. The van der Waals surface area contributed by atoms with Crippen LogP contribution in [0.4, 0.5) is 10.3 Å². The first-order valence-corrected chi connectivity index (χ1v) is 6.52. The molecule has 0 saturated heterocycles. The lowest BCUT2D eigenvalue weighted by molar-refractivity contribution is 0.312. The monoisotopic (exact) mass is 296 g/mol. The molecule has 20 heavy (non-hydrogen) atoms. The van der Waals surface area contributed by atoms with Crippen molar-refractivity contribution >= 4 is 17.5 Å². The smallest absolute Gasteiger partial charge is 0.322 e. The van der Waals surface area contributed by atoms with Crippen molar-refractivity contribution < 1.29 is 9.13 Å². The van der Waals surface area contributed by atoms with Gasteiger partial charge in [-0.3, -0.25) is 0 Å². The Bertz CT molecular complexity index is 596. The molecule has 5 nitrogen and oxygen atoms in total. The Balaban J connectivity index is 2.16. The summed E-state index contributed by atoms with van der Waals surface area (Å²) in [5, 5.41) is 3.07. The van der Waals surface area contributed by atoms with Crippen LogP contribution in [0, 0.1) is 5.82 Å². The molecule has 106 valence electrons. The Kier molecular flexibility index (Phi) is 4.68. The summed E-state index contributed by atoms with van der Waals surface area (Å²) in [6.45, 7) is 4.12. The molecule has 1 aromatic carbocycles. The highest BCUT2D eigenvalue weighted by molar-refractivity contribution is 6.28. The molecule has 0 radical (unpaired) electrons. The van der Waals surface area contributed by atoms with Gasteiger partial charge in [-0.25, -0.2) is 4.39 Å². The molecule has 0 spiro atoms. The van der Waals surface area contributed by atoms with E-state index in [1.165, 1.54) is 12.1 Å². The molecule has 0 aliphatic heterocycles. The first-order chi connectivity index (χ1) is 9.58. The van der Waals surface area contributed by atoms with E-state index in [1.807, 2.05) is 19.9 Å². The van der Waals surface area contributed by atoms with Crippen molar-refractivity contribution in [2.45, 2.75) is 19.9 Å². The summed E-state index contributed by atoms with van der Waals surface area (Å²) in [6, 6.07) is 6.27. The van der Waals surface area contributed by atoms with Crippen molar-refractivity contribution in [2.24, 2.45) is 0 Å². The van der Waals surface area contributed by atoms with Crippen LogP contribution in [0.25, 0.3) is 0 Å². The molecule has 2 rings (SSSR count). The Morgan fingerprint density at radius 1 is 1.35 bits per heavy atom. The van der Waals surface area contributed by atoms with E-state index in [4.69, 9.17) is 16.3 Å². The molecule has 1 atom stereocenters. The number of hydrogen-bond donors (Lipinski definition) is 1. The first kappa shape index (κ1) is 14.5. The van der Waals surface area contributed by atoms with Gasteiger partial charge in [-0.15, -0.1) is 0 Å². The average molecular weight is 297 g/mol. The molecule has 1 unspecified atom stereocenters. The fraction of sp³-hybridized carbons (Fsp3) is 0.308. The number of rotatable bonds is 5. The zero-order valence-electron chi connectivity index (χ0n) is 11.1. The highest BCUT2D eigenvalue weighted by Gasteiger charge is 2.11. The van der Waals surface area contributed by atoms with Crippen molar-refractivity contribution in [2.75, 3.05) is 11.9 Å². The third kappa shape index (κ3) is 3.77. The van der Waals surface area contributed by atoms with E-state index in [9.17, 15) is 4.39 Å². The maximum absolute atomic E-state index is 13.2. The summed E-state index contributed by atoms with van der Waals surface area (Å²) in [4.78, 5) is 11.9. The van der Waals surface area contributed by atoms with Gasteiger partial charge in [0.05, 0.1) is 12.6 Å². The largest absolute Gasteiger partial charge is 0.464 e. The number of halogens is 2. The summed E-state index contributed by atoms with van der Waals surface area (Å²) in [6.07, 6.45) is 0. The fourth-order valence-corrected chi connectivity index (χ4v) is 1.80. The number of aromatic nitrogens is 3. The molecule has 0 fully saturated rings. The van der Waals surface area contributed by atoms with E-state index < -0.39 is 0 Å². The van der Waals surface area contributed by atoms with Gasteiger partial charge in [0.15, 0.2) is 0 Å². The van der Waals surface area contributed by atoms with Crippen LogP contribution in [-0.4, -0.2) is 21.6 Å². The summed E-state index contributed by atoms with van der Waals surface area (Å²) in [5.74, 6) is -0.00922. The molecule has 0 aliphatic carbocycles. The molecule has 7 heteroatoms. The summed E-state index contributed by atoms with van der Waals surface area (Å²) in [7, 11) is 0. The van der Waals surface area contributed by atoms with Crippen LogP contribution in [0.3, 0.4) is 0 Å². The maximum Gasteiger partial charge on any atom is 0.322 e. The fourth-order valence-electron chi connectivity index (χ4n) is 1.64. The van der Waals surface area contributed by atoms with Crippen LogP contribution in [0.2, 0.25) is 5.28 Å². The van der Waals surface area contributed by atoms with Crippen LogP contribution in [0.5, 0.6) is 6.01 Å². The zero-order valence-corrected chi connectivity index (χ0v) is 11.9. The maximum atomic E-state index is 13.2. The van der Waals surface area contributed by atoms with Crippen molar-refractivity contribution in [3.63, 3.8) is 0 Å². The molecule has 1 aromatic heterocycles. The van der Waals surface area contributed by atoms with Crippen LogP contribution in [0.1, 0.15) is 25.5 Å². The second kappa shape index (κ2) is 6.47. The van der Waals surface area contributed by atoms with E-state index in [0.29, 0.717) is 6.61 Å². The van der Waals surface area contributed by atoms with E-state index in [2.05, 4.69) is 20.3 Å². The quantitative estimate of drug-likeness (QED) is 0.918. The van der Waals surface area contributed by atoms with Crippen LogP contribution < -0.4 is 10.1 Å². The second-order valence-corrected chi connectivity index (χ2v) is 4.40. The third-order valence-corrected chi connectivity index (χ3v) is 2.72. The first-order valence-electron chi connectivity index (χ1n) is 6.15. The standard InChI is InChI=1S/C13H14ClFN4O/c1-3-20-13-18-11(14)17-12(19-13)16-8(2)9-5-4-6-10(15)7-9/h4-8H,3H2,1-2H3,(H,16,17,18,19). The topological polar surface area (TPSA) is 59.9 Å². The van der Waals surface area contributed by atoms with Gasteiger partial charge >= 0.3 is 6.01 Å². The van der Waals surface area contributed by atoms with Gasteiger partial charge in [0.25, 0.3) is 0 Å². The van der Waals surface area contributed by atoms with E-state index in [1.54, 1.807) is 6.07 Å². The number of nitrogens with one attached hydrogen (secondary N) is 1. The molecule has 0 saturated carbocycles. The molecular formula is C13H14ClFN4O. The number of anilines is 1. The van der Waals surface area contributed by atoms with Crippen LogP contribution in [0.15, 0.2) is 24.3 Å². The van der Waals surface area contributed by atoms with Gasteiger partial charge < -0.3 is 10.1 Å². The molecule has 2 aromatic rings. The van der Waals surface area contributed by atoms with Gasteiger partial charge in [0.1, 0.15) is 5.82 Å². The van der Waals surface area contributed by atoms with E-state index in [-0.39, 0.29) is 29.1 Å². The Morgan fingerprint density at radius 3 is 2.85 bits per heavy atom. The lowest BCUT2D eigenvalue weighted by atomic mass is 10.1. The van der Waals surface area contributed by atoms with Gasteiger partial charge in [-0.05, 0) is 43.1 Å². The zero-order chi connectivity index (χ0) is 14.5. The molecule has 0 amide bonds. The number of ether oxygens (including phenoxy) is 1. The molecule has 1 N–H and O–H groups in total. The van der Waals surface area contributed by atoms with Crippen molar-refractivity contribution in [3.05, 3.63) is 40.9 Å². The predicted octanol–water partition coefficient (Wildman–Crippen LogP) is 3.24. The average Bonchev–Trinajstić information content (AvgIpc) is 2.38. The SMILES string of the molecule is CCOc1nc(Cl)nc(NC(C)c2cccc(F)c2)n1. The second-order valence-electron chi connectivity index (χ2n) is 4.06. The van der Waals surface area contributed by atoms with Crippen LogP contribution >= 0.6 is 11.6 Å². The van der Waals surface area contributed by atoms with Crippen LogP contribution in [-0.2, 0) is 0 Å². The Labute approximate surface area is 121 Å². The van der Waals surface area contributed by atoms with Crippen molar-refractivity contribution in [3.8, 4) is 6.01 Å².